The second-order valence-electron chi connectivity index (χ2n) is 5.57. The Kier molecular flexibility index (Phi) is 7.11. The van der Waals surface area contributed by atoms with Crippen molar-refractivity contribution in [2.75, 3.05) is 19.6 Å². The van der Waals surface area contributed by atoms with E-state index < -0.39 is 0 Å². The third-order valence-electron chi connectivity index (χ3n) is 3.98. The van der Waals surface area contributed by atoms with E-state index in [1.807, 2.05) is 18.2 Å². The van der Waals surface area contributed by atoms with Gasteiger partial charge in [0.25, 0.3) is 0 Å². The molecule has 2 nitrogen and oxygen atoms in total. The fourth-order valence-corrected chi connectivity index (χ4v) is 2.37. The maximum atomic E-state index is 10.3. The average molecular weight is 263 g/mol. The average Bonchev–Trinajstić information content (AvgIpc) is 2.43. The summed E-state index contributed by atoms with van der Waals surface area (Å²) in [5.74, 6) is 0.732. The highest BCUT2D eigenvalue weighted by Crippen LogP contribution is 2.20. The van der Waals surface area contributed by atoms with Gasteiger partial charge in [0.15, 0.2) is 0 Å². The predicted octanol–water partition coefficient (Wildman–Crippen LogP) is 3.79. The first-order chi connectivity index (χ1) is 9.08. The van der Waals surface area contributed by atoms with E-state index in [0.717, 1.165) is 37.5 Å². The van der Waals surface area contributed by atoms with E-state index in [2.05, 4.69) is 38.7 Å². The number of hydrogen-bond donors (Lipinski definition) is 1. The first-order valence-corrected chi connectivity index (χ1v) is 7.54. The van der Waals surface area contributed by atoms with E-state index in [1.165, 1.54) is 12.0 Å². The largest absolute Gasteiger partial charge is 0.388 e. The minimum atomic E-state index is -0.341. The van der Waals surface area contributed by atoms with E-state index in [1.54, 1.807) is 0 Å². The molecule has 2 atom stereocenters. The molecule has 0 amide bonds. The first kappa shape index (κ1) is 16.2. The van der Waals surface area contributed by atoms with Crippen LogP contribution in [0.2, 0.25) is 0 Å². The van der Waals surface area contributed by atoms with Crippen LogP contribution >= 0.6 is 0 Å². The molecule has 0 bridgehead atoms. The molecule has 2 unspecified atom stereocenters. The van der Waals surface area contributed by atoms with Crippen molar-refractivity contribution in [3.8, 4) is 0 Å². The van der Waals surface area contributed by atoms with Crippen molar-refractivity contribution in [3.05, 3.63) is 35.4 Å². The highest BCUT2D eigenvalue weighted by Gasteiger charge is 2.13. The molecule has 0 heterocycles. The van der Waals surface area contributed by atoms with Gasteiger partial charge in [-0.15, -0.1) is 0 Å². The minimum absolute atomic E-state index is 0.341. The summed E-state index contributed by atoms with van der Waals surface area (Å²) >= 11 is 0. The summed E-state index contributed by atoms with van der Waals surface area (Å²) in [5.41, 5.74) is 2.25. The van der Waals surface area contributed by atoms with Crippen LogP contribution in [0.15, 0.2) is 24.3 Å². The maximum absolute atomic E-state index is 10.3. The zero-order valence-electron chi connectivity index (χ0n) is 12.9. The third-order valence-corrected chi connectivity index (χ3v) is 3.98. The SMILES string of the molecule is CCC(C)CN(CC)CCC(O)c1ccccc1C. The summed E-state index contributed by atoms with van der Waals surface area (Å²) in [7, 11) is 0. The number of nitrogens with zero attached hydrogens (tertiary/aromatic N) is 1. The summed E-state index contributed by atoms with van der Waals surface area (Å²) in [6, 6.07) is 8.12. The zero-order valence-corrected chi connectivity index (χ0v) is 12.9. The van der Waals surface area contributed by atoms with Gasteiger partial charge in [-0.2, -0.15) is 0 Å². The fourth-order valence-electron chi connectivity index (χ4n) is 2.37. The van der Waals surface area contributed by atoms with Gasteiger partial charge in [0.05, 0.1) is 6.10 Å². The van der Waals surface area contributed by atoms with Crippen molar-refractivity contribution in [2.45, 2.75) is 46.6 Å². The third kappa shape index (κ3) is 5.33. The molecule has 108 valence electrons. The topological polar surface area (TPSA) is 23.5 Å². The number of aliphatic hydroxyl groups is 1. The molecule has 0 radical (unpaired) electrons. The maximum Gasteiger partial charge on any atom is 0.0804 e. The number of hydrogen-bond acceptors (Lipinski definition) is 2. The molecule has 1 aromatic carbocycles. The van der Waals surface area contributed by atoms with Crippen molar-refractivity contribution in [3.63, 3.8) is 0 Å². The van der Waals surface area contributed by atoms with Crippen molar-refractivity contribution >= 4 is 0 Å². The van der Waals surface area contributed by atoms with Crippen LogP contribution in [0.25, 0.3) is 0 Å². The fraction of sp³-hybridized carbons (Fsp3) is 0.647. The van der Waals surface area contributed by atoms with Gasteiger partial charge in [0.1, 0.15) is 0 Å². The van der Waals surface area contributed by atoms with Crippen LogP contribution in [0.1, 0.15) is 50.8 Å². The molecule has 1 aromatic rings. The van der Waals surface area contributed by atoms with E-state index in [4.69, 9.17) is 0 Å². The molecule has 0 aliphatic rings. The molecule has 0 spiro atoms. The highest BCUT2D eigenvalue weighted by molar-refractivity contribution is 5.27. The Labute approximate surface area is 118 Å². The number of rotatable bonds is 8. The van der Waals surface area contributed by atoms with Crippen LogP contribution in [0.5, 0.6) is 0 Å². The monoisotopic (exact) mass is 263 g/mol. The molecule has 0 aliphatic heterocycles. The van der Waals surface area contributed by atoms with Crippen LogP contribution in [-0.2, 0) is 0 Å². The van der Waals surface area contributed by atoms with E-state index in [0.29, 0.717) is 0 Å². The lowest BCUT2D eigenvalue weighted by molar-refractivity contribution is 0.137. The second-order valence-corrected chi connectivity index (χ2v) is 5.57. The van der Waals surface area contributed by atoms with Gasteiger partial charge in [-0.25, -0.2) is 0 Å². The molecule has 19 heavy (non-hydrogen) atoms. The Hall–Kier alpha value is -0.860. The molecule has 2 heteroatoms. The quantitative estimate of drug-likeness (QED) is 0.771. The lowest BCUT2D eigenvalue weighted by Gasteiger charge is -2.25. The van der Waals surface area contributed by atoms with Crippen molar-refractivity contribution in [2.24, 2.45) is 5.92 Å². The standard InChI is InChI=1S/C17H29NO/c1-5-14(3)13-18(6-2)12-11-17(19)16-10-8-7-9-15(16)4/h7-10,14,17,19H,5-6,11-13H2,1-4H3. The summed E-state index contributed by atoms with van der Waals surface area (Å²) < 4.78 is 0. The summed E-state index contributed by atoms with van der Waals surface area (Å²) in [6.07, 6.45) is 1.69. The van der Waals surface area contributed by atoms with Crippen LogP contribution in [0.3, 0.4) is 0 Å². The highest BCUT2D eigenvalue weighted by atomic mass is 16.3. The van der Waals surface area contributed by atoms with Gasteiger partial charge in [-0.1, -0.05) is 51.5 Å². The Morgan fingerprint density at radius 3 is 2.47 bits per heavy atom. The van der Waals surface area contributed by atoms with Crippen LogP contribution < -0.4 is 0 Å². The minimum Gasteiger partial charge on any atom is -0.388 e. The molecule has 1 rings (SSSR count). The van der Waals surface area contributed by atoms with Crippen molar-refractivity contribution in [1.29, 1.82) is 0 Å². The van der Waals surface area contributed by atoms with E-state index in [-0.39, 0.29) is 6.10 Å². The Morgan fingerprint density at radius 1 is 1.21 bits per heavy atom. The first-order valence-electron chi connectivity index (χ1n) is 7.54. The van der Waals surface area contributed by atoms with Crippen LogP contribution in [-0.4, -0.2) is 29.6 Å². The van der Waals surface area contributed by atoms with Gasteiger partial charge in [0.2, 0.25) is 0 Å². The summed E-state index contributed by atoms with van der Waals surface area (Å²) in [4.78, 5) is 2.44. The lowest BCUT2D eigenvalue weighted by atomic mass is 10.0. The molecule has 0 saturated heterocycles. The molecular weight excluding hydrogens is 234 g/mol. The van der Waals surface area contributed by atoms with Crippen LogP contribution in [0, 0.1) is 12.8 Å². The van der Waals surface area contributed by atoms with Crippen LogP contribution in [0.4, 0.5) is 0 Å². The predicted molar refractivity (Wildman–Crippen MR) is 82.3 cm³/mol. The lowest BCUT2D eigenvalue weighted by Crippen LogP contribution is -2.30. The Bertz CT molecular complexity index is 364. The van der Waals surface area contributed by atoms with Gasteiger partial charge >= 0.3 is 0 Å². The Balaban J connectivity index is 2.48. The smallest absolute Gasteiger partial charge is 0.0804 e. The Morgan fingerprint density at radius 2 is 1.89 bits per heavy atom. The summed E-state index contributed by atoms with van der Waals surface area (Å²) in [6.45, 7) is 12.0. The summed E-state index contributed by atoms with van der Waals surface area (Å²) in [5, 5.41) is 10.3. The molecule has 0 fully saturated rings. The number of benzene rings is 1. The van der Waals surface area contributed by atoms with Gasteiger partial charge < -0.3 is 10.0 Å². The molecule has 0 saturated carbocycles. The normalized spacial score (nSPS) is 14.6. The van der Waals surface area contributed by atoms with Crippen molar-refractivity contribution < 1.29 is 5.11 Å². The number of aryl methyl sites for hydroxylation is 1. The molecule has 0 aromatic heterocycles. The van der Waals surface area contributed by atoms with E-state index >= 15 is 0 Å². The second kappa shape index (κ2) is 8.34. The molecule has 1 N–H and O–H groups in total. The van der Waals surface area contributed by atoms with Gasteiger partial charge in [-0.05, 0) is 36.9 Å². The van der Waals surface area contributed by atoms with E-state index in [9.17, 15) is 5.11 Å². The van der Waals surface area contributed by atoms with Crippen molar-refractivity contribution in [1.82, 2.24) is 4.90 Å². The molecule has 0 aliphatic carbocycles. The number of aliphatic hydroxyl groups excluding tert-OH is 1. The molecular formula is C17H29NO. The van der Waals surface area contributed by atoms with Gasteiger partial charge in [0, 0.05) is 13.1 Å². The zero-order chi connectivity index (χ0) is 14.3. The van der Waals surface area contributed by atoms with Gasteiger partial charge in [-0.3, -0.25) is 0 Å².